The minimum Gasteiger partial charge on any atom is -0.330 e. The van der Waals surface area contributed by atoms with Crippen LogP contribution in [0, 0.1) is 5.92 Å². The maximum atomic E-state index is 10.9. The number of carbonyl (C=O) groups is 1. The quantitative estimate of drug-likeness (QED) is 0.614. The first kappa shape index (κ1) is 8.63. The molecule has 0 fully saturated rings. The molecule has 0 saturated heterocycles. The number of rotatable bonds is 4. The van der Waals surface area contributed by atoms with Crippen molar-refractivity contribution in [3.63, 3.8) is 0 Å². The molecule has 2 heteroatoms. The number of ketones is 1. The zero-order valence-electron chi connectivity index (χ0n) is 6.18. The maximum absolute atomic E-state index is 10.9. The van der Waals surface area contributed by atoms with Crippen LogP contribution in [0.1, 0.15) is 26.7 Å². The number of carbonyl (C=O) groups excluding carboxylic acids is 1. The molecule has 54 valence electrons. The number of nitrogens with two attached hydrogens (primary N) is 1. The minimum absolute atomic E-state index is 0.0601. The summed E-state index contributed by atoms with van der Waals surface area (Å²) in [6.07, 6.45) is 1.61. The molecule has 1 atom stereocenters. The van der Waals surface area contributed by atoms with Crippen LogP contribution >= 0.6 is 0 Å². The number of hydrogen-bond donors (Lipinski definition) is 1. The van der Waals surface area contributed by atoms with Crippen LogP contribution in [0.3, 0.4) is 0 Å². The Hall–Kier alpha value is -0.370. The van der Waals surface area contributed by atoms with Gasteiger partial charge in [0.15, 0.2) is 0 Å². The van der Waals surface area contributed by atoms with Crippen LogP contribution in [0.5, 0.6) is 0 Å². The van der Waals surface area contributed by atoms with Gasteiger partial charge in [0.25, 0.3) is 0 Å². The number of hydrogen-bond acceptors (Lipinski definition) is 2. The summed E-state index contributed by atoms with van der Waals surface area (Å²) in [6, 6.07) is 0. The van der Waals surface area contributed by atoms with Crippen molar-refractivity contribution in [1.29, 1.82) is 0 Å². The zero-order chi connectivity index (χ0) is 7.28. The molecule has 0 radical (unpaired) electrons. The van der Waals surface area contributed by atoms with Crippen molar-refractivity contribution < 1.29 is 4.79 Å². The Bertz CT molecular complexity index is 90.9. The summed E-state index contributed by atoms with van der Waals surface area (Å²) in [5, 5.41) is 0. The molecular formula is C7H15NO. The van der Waals surface area contributed by atoms with E-state index >= 15 is 0 Å². The summed E-state index contributed by atoms with van der Waals surface area (Å²) in [4.78, 5) is 10.9. The molecule has 0 aromatic rings. The molecule has 0 aliphatic heterocycles. The summed E-state index contributed by atoms with van der Waals surface area (Å²) >= 11 is 0. The zero-order valence-corrected chi connectivity index (χ0v) is 6.18. The molecule has 0 saturated carbocycles. The molecule has 2 N–H and O–H groups in total. The van der Waals surface area contributed by atoms with E-state index in [2.05, 4.69) is 0 Å². The van der Waals surface area contributed by atoms with E-state index in [0.29, 0.717) is 18.7 Å². The van der Waals surface area contributed by atoms with Crippen molar-refractivity contribution in [3.8, 4) is 0 Å². The molecule has 0 rings (SSSR count). The molecule has 0 aromatic carbocycles. The third-order valence-corrected chi connectivity index (χ3v) is 1.40. The van der Waals surface area contributed by atoms with Gasteiger partial charge in [0, 0.05) is 18.9 Å². The van der Waals surface area contributed by atoms with Crippen molar-refractivity contribution in [3.05, 3.63) is 0 Å². The van der Waals surface area contributed by atoms with Crippen LogP contribution in [0.15, 0.2) is 0 Å². The highest BCUT2D eigenvalue weighted by Crippen LogP contribution is 1.99. The lowest BCUT2D eigenvalue weighted by Gasteiger charge is -2.03. The fraction of sp³-hybridized carbons (Fsp3) is 0.857. The molecule has 0 aliphatic rings. The molecule has 0 amide bonds. The third-order valence-electron chi connectivity index (χ3n) is 1.40. The van der Waals surface area contributed by atoms with Gasteiger partial charge in [0.2, 0.25) is 0 Å². The average molecular weight is 129 g/mol. The summed E-state index contributed by atoms with van der Waals surface area (Å²) in [7, 11) is 0. The molecule has 0 spiro atoms. The van der Waals surface area contributed by atoms with Gasteiger partial charge in [-0.25, -0.2) is 0 Å². The van der Waals surface area contributed by atoms with E-state index in [1.54, 1.807) is 0 Å². The summed E-state index contributed by atoms with van der Waals surface area (Å²) < 4.78 is 0. The maximum Gasteiger partial charge on any atom is 0.136 e. The summed E-state index contributed by atoms with van der Waals surface area (Å²) in [5.41, 5.74) is 5.28. The lowest BCUT2D eigenvalue weighted by atomic mass is 10.0. The average Bonchev–Trinajstić information content (AvgIpc) is 1.87. The molecule has 2 nitrogen and oxygen atoms in total. The monoisotopic (exact) mass is 129 g/mol. The van der Waals surface area contributed by atoms with E-state index in [-0.39, 0.29) is 5.92 Å². The van der Waals surface area contributed by atoms with E-state index in [0.717, 1.165) is 6.42 Å². The largest absolute Gasteiger partial charge is 0.330 e. The second kappa shape index (κ2) is 4.50. The van der Waals surface area contributed by atoms with Gasteiger partial charge < -0.3 is 5.73 Å². The third kappa shape index (κ3) is 3.25. The Balaban J connectivity index is 3.46. The van der Waals surface area contributed by atoms with E-state index in [9.17, 15) is 4.79 Å². The SMILES string of the molecule is CCCC(=O)C(C)CN. The van der Waals surface area contributed by atoms with Gasteiger partial charge in [-0.3, -0.25) is 4.79 Å². The summed E-state index contributed by atoms with van der Waals surface area (Å²) in [5.74, 6) is 0.352. The van der Waals surface area contributed by atoms with Gasteiger partial charge in [-0.1, -0.05) is 13.8 Å². The minimum atomic E-state index is 0.0601. The Kier molecular flexibility index (Phi) is 4.32. The Morgan fingerprint density at radius 1 is 1.67 bits per heavy atom. The molecule has 0 aliphatic carbocycles. The first-order chi connectivity index (χ1) is 4.22. The fourth-order valence-electron chi connectivity index (χ4n) is 0.624. The first-order valence-electron chi connectivity index (χ1n) is 3.45. The Morgan fingerprint density at radius 3 is 2.56 bits per heavy atom. The first-order valence-corrected chi connectivity index (χ1v) is 3.45. The highest BCUT2D eigenvalue weighted by atomic mass is 16.1. The Labute approximate surface area is 56.4 Å². The van der Waals surface area contributed by atoms with Crippen molar-refractivity contribution in [2.45, 2.75) is 26.7 Å². The van der Waals surface area contributed by atoms with Gasteiger partial charge in [0.1, 0.15) is 5.78 Å². The lowest BCUT2D eigenvalue weighted by Crippen LogP contribution is -2.19. The second-order valence-corrected chi connectivity index (χ2v) is 2.35. The highest BCUT2D eigenvalue weighted by molar-refractivity contribution is 5.80. The molecule has 9 heavy (non-hydrogen) atoms. The van der Waals surface area contributed by atoms with Crippen LogP contribution in [0.2, 0.25) is 0 Å². The predicted molar refractivity (Wildman–Crippen MR) is 38.1 cm³/mol. The van der Waals surface area contributed by atoms with Crippen molar-refractivity contribution in [2.24, 2.45) is 11.7 Å². The summed E-state index contributed by atoms with van der Waals surface area (Å²) in [6.45, 7) is 4.36. The van der Waals surface area contributed by atoms with Crippen LogP contribution in [0.25, 0.3) is 0 Å². The standard InChI is InChI=1S/C7H15NO/c1-3-4-7(9)6(2)5-8/h6H,3-5,8H2,1-2H3. The van der Waals surface area contributed by atoms with Crippen molar-refractivity contribution in [2.75, 3.05) is 6.54 Å². The van der Waals surface area contributed by atoms with Crippen LogP contribution in [-0.4, -0.2) is 12.3 Å². The smallest absolute Gasteiger partial charge is 0.136 e. The Morgan fingerprint density at radius 2 is 2.22 bits per heavy atom. The van der Waals surface area contributed by atoms with Gasteiger partial charge >= 0.3 is 0 Å². The fourth-order valence-corrected chi connectivity index (χ4v) is 0.624. The normalized spacial score (nSPS) is 13.2. The van der Waals surface area contributed by atoms with E-state index < -0.39 is 0 Å². The van der Waals surface area contributed by atoms with Crippen LogP contribution < -0.4 is 5.73 Å². The van der Waals surface area contributed by atoms with E-state index in [1.165, 1.54) is 0 Å². The number of Topliss-reactive ketones (excluding diaryl/α,β-unsaturated/α-hetero) is 1. The van der Waals surface area contributed by atoms with Gasteiger partial charge in [0.05, 0.1) is 0 Å². The van der Waals surface area contributed by atoms with Crippen LogP contribution in [-0.2, 0) is 4.79 Å². The van der Waals surface area contributed by atoms with E-state index in [4.69, 9.17) is 5.73 Å². The van der Waals surface area contributed by atoms with Crippen molar-refractivity contribution >= 4 is 5.78 Å². The molecule has 0 bridgehead atoms. The van der Waals surface area contributed by atoms with Gasteiger partial charge in [-0.15, -0.1) is 0 Å². The van der Waals surface area contributed by atoms with Crippen molar-refractivity contribution in [1.82, 2.24) is 0 Å². The second-order valence-electron chi connectivity index (χ2n) is 2.35. The highest BCUT2D eigenvalue weighted by Gasteiger charge is 2.07. The molecular weight excluding hydrogens is 114 g/mol. The molecule has 1 unspecified atom stereocenters. The molecule has 0 aromatic heterocycles. The van der Waals surface area contributed by atoms with Gasteiger partial charge in [-0.2, -0.15) is 0 Å². The topological polar surface area (TPSA) is 43.1 Å². The van der Waals surface area contributed by atoms with Crippen LogP contribution in [0.4, 0.5) is 0 Å². The molecule has 0 heterocycles. The van der Waals surface area contributed by atoms with E-state index in [1.807, 2.05) is 13.8 Å². The predicted octanol–water partition coefficient (Wildman–Crippen LogP) is 0.950. The lowest BCUT2D eigenvalue weighted by molar-refractivity contribution is -0.122. The van der Waals surface area contributed by atoms with Gasteiger partial charge in [-0.05, 0) is 6.42 Å².